The van der Waals surface area contributed by atoms with E-state index >= 15 is 0 Å². The summed E-state index contributed by atoms with van der Waals surface area (Å²) in [6, 6.07) is 2.13. The zero-order valence-corrected chi connectivity index (χ0v) is 15.3. The van der Waals surface area contributed by atoms with E-state index in [4.69, 9.17) is 4.42 Å². The molecule has 0 bridgehead atoms. The van der Waals surface area contributed by atoms with Gasteiger partial charge in [0.1, 0.15) is 5.58 Å². The molecule has 136 valence electrons. The van der Waals surface area contributed by atoms with Gasteiger partial charge in [0.2, 0.25) is 5.91 Å². The summed E-state index contributed by atoms with van der Waals surface area (Å²) in [5.74, 6) is 0.0440. The summed E-state index contributed by atoms with van der Waals surface area (Å²) < 4.78 is 5.76. The van der Waals surface area contributed by atoms with E-state index in [1.807, 2.05) is 13.8 Å². The fourth-order valence-corrected chi connectivity index (χ4v) is 3.78. The van der Waals surface area contributed by atoms with Gasteiger partial charge in [-0.1, -0.05) is 6.07 Å². The van der Waals surface area contributed by atoms with Crippen LogP contribution in [-0.4, -0.2) is 46.3 Å². The Labute approximate surface area is 148 Å². The number of aryl methyl sites for hydroxylation is 3. The molecule has 5 nitrogen and oxygen atoms in total. The second-order valence-electron chi connectivity index (χ2n) is 7.39. The molecule has 2 N–H and O–H groups in total. The number of benzene rings is 1. The number of nitrogens with zero attached hydrogens (tertiary/aromatic N) is 1. The Morgan fingerprint density at radius 3 is 2.72 bits per heavy atom. The molecule has 1 aromatic carbocycles. The molecule has 0 spiro atoms. The van der Waals surface area contributed by atoms with Crippen molar-refractivity contribution in [3.63, 3.8) is 0 Å². The molecule has 0 radical (unpaired) electrons. The van der Waals surface area contributed by atoms with E-state index in [0.29, 0.717) is 38.8 Å². The monoisotopic (exact) mass is 345 g/mol. The number of aliphatic hydroxyl groups excluding tert-OH is 1. The van der Waals surface area contributed by atoms with Crippen molar-refractivity contribution in [3.05, 3.63) is 34.6 Å². The molecule has 1 aliphatic rings. The Morgan fingerprint density at radius 2 is 2.00 bits per heavy atom. The van der Waals surface area contributed by atoms with Crippen molar-refractivity contribution in [2.75, 3.05) is 19.7 Å². The highest BCUT2D eigenvalue weighted by Crippen LogP contribution is 2.31. The Bertz CT molecular complexity index is 795. The smallest absolute Gasteiger partial charge is 0.227 e. The van der Waals surface area contributed by atoms with Crippen LogP contribution in [0.25, 0.3) is 11.0 Å². The number of carbonyl (C=O) groups excluding carboxylic acids is 1. The Balaban J connectivity index is 1.80. The van der Waals surface area contributed by atoms with Crippen molar-refractivity contribution >= 4 is 16.9 Å². The maximum atomic E-state index is 12.8. The van der Waals surface area contributed by atoms with E-state index in [9.17, 15) is 15.0 Å². The fraction of sp³-hybridized carbons (Fsp3) is 0.550. The van der Waals surface area contributed by atoms with E-state index in [-0.39, 0.29) is 12.5 Å². The highest BCUT2D eigenvalue weighted by Gasteiger charge is 2.31. The first kappa shape index (κ1) is 18.0. The van der Waals surface area contributed by atoms with E-state index in [2.05, 4.69) is 13.0 Å². The zero-order chi connectivity index (χ0) is 18.2. The van der Waals surface area contributed by atoms with Crippen LogP contribution in [0.15, 0.2) is 16.7 Å². The van der Waals surface area contributed by atoms with Gasteiger partial charge >= 0.3 is 0 Å². The molecule has 5 heteroatoms. The molecule has 1 amide bonds. The lowest BCUT2D eigenvalue weighted by Crippen LogP contribution is -2.37. The van der Waals surface area contributed by atoms with E-state index in [0.717, 1.165) is 27.7 Å². The first-order valence-electron chi connectivity index (χ1n) is 8.92. The van der Waals surface area contributed by atoms with Crippen LogP contribution in [0.5, 0.6) is 0 Å². The van der Waals surface area contributed by atoms with Crippen LogP contribution in [0.2, 0.25) is 0 Å². The molecule has 2 aromatic rings. The van der Waals surface area contributed by atoms with E-state index < -0.39 is 5.60 Å². The third kappa shape index (κ3) is 3.44. The van der Waals surface area contributed by atoms with Gasteiger partial charge in [-0.2, -0.15) is 0 Å². The maximum Gasteiger partial charge on any atom is 0.227 e. The molecular formula is C20H27NO4. The third-order valence-electron chi connectivity index (χ3n) is 5.53. The van der Waals surface area contributed by atoms with Crippen molar-refractivity contribution < 1.29 is 19.4 Å². The predicted molar refractivity (Wildman–Crippen MR) is 96.6 cm³/mol. The zero-order valence-electron chi connectivity index (χ0n) is 15.3. The standard InChI is InChI=1S/C20H27NO4/c1-13-9-14(2)18-16(11-25-19(18)15(13)3)10-17(23)21-7-4-5-20(24,12-22)6-8-21/h9,11,22,24H,4-8,10,12H2,1-3H3. The van der Waals surface area contributed by atoms with Crippen molar-refractivity contribution in [2.24, 2.45) is 0 Å². The van der Waals surface area contributed by atoms with Gasteiger partial charge in [0, 0.05) is 24.0 Å². The number of amides is 1. The molecule has 1 atom stereocenters. The van der Waals surface area contributed by atoms with Gasteiger partial charge in [-0.3, -0.25) is 4.79 Å². The number of likely N-dealkylation sites (tertiary alicyclic amines) is 1. The van der Waals surface area contributed by atoms with Crippen LogP contribution >= 0.6 is 0 Å². The number of rotatable bonds is 3. The normalized spacial score (nSPS) is 21.6. The molecule has 3 rings (SSSR count). The second-order valence-corrected chi connectivity index (χ2v) is 7.39. The lowest BCUT2D eigenvalue weighted by molar-refractivity contribution is -0.130. The summed E-state index contributed by atoms with van der Waals surface area (Å²) in [5.41, 5.74) is 4.16. The van der Waals surface area contributed by atoms with Crippen molar-refractivity contribution in [2.45, 2.75) is 52.1 Å². The Morgan fingerprint density at radius 1 is 1.24 bits per heavy atom. The van der Waals surface area contributed by atoms with Crippen LogP contribution in [0.1, 0.15) is 41.5 Å². The number of hydrogen-bond donors (Lipinski definition) is 2. The average molecular weight is 345 g/mol. The molecule has 1 fully saturated rings. The number of fused-ring (bicyclic) bond motifs is 1. The predicted octanol–water partition coefficient (Wildman–Crippen LogP) is 2.64. The maximum absolute atomic E-state index is 12.8. The topological polar surface area (TPSA) is 73.9 Å². The van der Waals surface area contributed by atoms with Gasteiger partial charge < -0.3 is 19.5 Å². The molecule has 25 heavy (non-hydrogen) atoms. The van der Waals surface area contributed by atoms with Crippen molar-refractivity contribution in [1.82, 2.24) is 4.90 Å². The summed E-state index contributed by atoms with van der Waals surface area (Å²) in [7, 11) is 0. The molecule has 1 saturated heterocycles. The van der Waals surface area contributed by atoms with Gasteiger partial charge in [0.25, 0.3) is 0 Å². The van der Waals surface area contributed by atoms with Gasteiger partial charge in [-0.05, 0) is 56.7 Å². The summed E-state index contributed by atoms with van der Waals surface area (Å²) >= 11 is 0. The number of carbonyl (C=O) groups is 1. The first-order valence-corrected chi connectivity index (χ1v) is 8.92. The van der Waals surface area contributed by atoms with Gasteiger partial charge in [0.15, 0.2) is 0 Å². The van der Waals surface area contributed by atoms with Crippen molar-refractivity contribution in [3.8, 4) is 0 Å². The lowest BCUT2D eigenvalue weighted by atomic mass is 9.96. The third-order valence-corrected chi connectivity index (χ3v) is 5.53. The lowest BCUT2D eigenvalue weighted by Gasteiger charge is -2.24. The molecule has 1 unspecified atom stereocenters. The van der Waals surface area contributed by atoms with Crippen LogP contribution in [0.4, 0.5) is 0 Å². The summed E-state index contributed by atoms with van der Waals surface area (Å²) in [6.45, 7) is 6.99. The Hall–Kier alpha value is -1.85. The SMILES string of the molecule is Cc1cc(C)c2c(CC(=O)N3CCCC(O)(CO)CC3)coc2c1C. The van der Waals surface area contributed by atoms with Crippen LogP contribution in [-0.2, 0) is 11.2 Å². The molecule has 2 heterocycles. The minimum Gasteiger partial charge on any atom is -0.464 e. The number of furan rings is 1. The number of hydrogen-bond acceptors (Lipinski definition) is 4. The molecule has 1 aromatic heterocycles. The minimum absolute atomic E-state index is 0.0440. The summed E-state index contributed by atoms with van der Waals surface area (Å²) in [4.78, 5) is 14.6. The van der Waals surface area contributed by atoms with E-state index in [1.54, 1.807) is 11.2 Å². The molecule has 0 saturated carbocycles. The minimum atomic E-state index is -1.05. The van der Waals surface area contributed by atoms with Gasteiger partial charge in [-0.15, -0.1) is 0 Å². The highest BCUT2D eigenvalue weighted by molar-refractivity contribution is 5.91. The highest BCUT2D eigenvalue weighted by atomic mass is 16.3. The Kier molecular flexibility index (Phi) is 4.89. The van der Waals surface area contributed by atoms with Crippen LogP contribution in [0.3, 0.4) is 0 Å². The van der Waals surface area contributed by atoms with Gasteiger partial charge in [-0.25, -0.2) is 0 Å². The average Bonchev–Trinajstić information content (AvgIpc) is 2.89. The molecule has 1 aliphatic heterocycles. The number of aliphatic hydroxyl groups is 2. The summed E-state index contributed by atoms with van der Waals surface area (Å²) in [5, 5.41) is 20.6. The second kappa shape index (κ2) is 6.81. The fourth-order valence-electron chi connectivity index (χ4n) is 3.78. The molecule has 0 aliphatic carbocycles. The van der Waals surface area contributed by atoms with Gasteiger partial charge in [0.05, 0.1) is 24.9 Å². The van der Waals surface area contributed by atoms with Crippen LogP contribution < -0.4 is 0 Å². The largest absolute Gasteiger partial charge is 0.464 e. The van der Waals surface area contributed by atoms with Crippen molar-refractivity contribution in [1.29, 1.82) is 0 Å². The quantitative estimate of drug-likeness (QED) is 0.897. The van der Waals surface area contributed by atoms with E-state index in [1.165, 1.54) is 5.56 Å². The molecular weight excluding hydrogens is 318 g/mol. The first-order chi connectivity index (χ1) is 11.8. The summed E-state index contributed by atoms with van der Waals surface area (Å²) in [6.07, 6.45) is 3.64. The van der Waals surface area contributed by atoms with Crippen LogP contribution in [0, 0.1) is 20.8 Å².